The highest BCUT2D eigenvalue weighted by Crippen LogP contribution is 2.29. The molecule has 0 fully saturated rings. The fourth-order valence-corrected chi connectivity index (χ4v) is 4.09. The van der Waals surface area contributed by atoms with Crippen LogP contribution in [-0.2, 0) is 16.6 Å². The van der Waals surface area contributed by atoms with E-state index in [2.05, 4.69) is 31.4 Å². The predicted molar refractivity (Wildman–Crippen MR) is 147 cm³/mol. The highest BCUT2D eigenvalue weighted by molar-refractivity contribution is 6.13. The second-order valence-electron chi connectivity index (χ2n) is 10.1. The molecule has 0 unspecified atom stereocenters. The summed E-state index contributed by atoms with van der Waals surface area (Å²) in [7, 11) is 0. The third-order valence-corrected chi connectivity index (χ3v) is 6.20. The van der Waals surface area contributed by atoms with E-state index in [1.54, 1.807) is 30.3 Å². The minimum Gasteiger partial charge on any atom is -0.481 e. The van der Waals surface area contributed by atoms with E-state index >= 15 is 0 Å². The lowest BCUT2D eigenvalue weighted by atomic mass is 9.86. The van der Waals surface area contributed by atoms with Crippen LogP contribution in [0.5, 0.6) is 0 Å². The van der Waals surface area contributed by atoms with Crippen molar-refractivity contribution in [3.63, 3.8) is 0 Å². The molecule has 37 heavy (non-hydrogen) atoms. The van der Waals surface area contributed by atoms with Gasteiger partial charge in [-0.25, -0.2) is 0 Å². The summed E-state index contributed by atoms with van der Waals surface area (Å²) in [6.45, 7) is 6.21. The molecule has 4 aromatic rings. The van der Waals surface area contributed by atoms with Crippen molar-refractivity contribution < 1.29 is 19.5 Å². The fourth-order valence-electron chi connectivity index (χ4n) is 4.09. The van der Waals surface area contributed by atoms with Crippen LogP contribution in [0, 0.1) is 0 Å². The number of hydrogen-bond acceptors (Lipinski definition) is 3. The second kappa shape index (κ2) is 10.7. The van der Waals surface area contributed by atoms with Crippen molar-refractivity contribution in [3.05, 3.63) is 107 Å². The van der Waals surface area contributed by atoms with Gasteiger partial charge in [-0.15, -0.1) is 0 Å². The summed E-state index contributed by atoms with van der Waals surface area (Å²) in [6, 6.07) is 25.9. The van der Waals surface area contributed by atoms with Gasteiger partial charge in [0.25, 0.3) is 11.8 Å². The quantitative estimate of drug-likeness (QED) is 0.268. The number of carboxylic acid groups (broad SMARTS) is 1. The van der Waals surface area contributed by atoms with Crippen molar-refractivity contribution >= 4 is 39.9 Å². The van der Waals surface area contributed by atoms with Crippen molar-refractivity contribution in [2.24, 2.45) is 0 Å². The van der Waals surface area contributed by atoms with Gasteiger partial charge < -0.3 is 15.7 Å². The number of anilines is 2. The number of carboxylic acids is 1. The summed E-state index contributed by atoms with van der Waals surface area (Å²) in [5, 5.41) is 16.8. The maximum Gasteiger partial charge on any atom is 0.303 e. The summed E-state index contributed by atoms with van der Waals surface area (Å²) in [6.07, 6.45) is 0.378. The van der Waals surface area contributed by atoms with Crippen LogP contribution in [0.2, 0.25) is 0 Å². The molecule has 0 saturated heterocycles. The van der Waals surface area contributed by atoms with E-state index in [9.17, 15) is 14.4 Å². The lowest BCUT2D eigenvalue weighted by Gasteiger charge is -2.21. The van der Waals surface area contributed by atoms with Crippen LogP contribution in [0.1, 0.15) is 59.0 Å². The molecular formula is C31H30N2O4. The van der Waals surface area contributed by atoms with Crippen molar-refractivity contribution in [3.8, 4) is 0 Å². The number of hydrogen-bond donors (Lipinski definition) is 3. The van der Waals surface area contributed by atoms with Crippen LogP contribution in [0.4, 0.5) is 11.4 Å². The number of aryl methyl sites for hydroxylation is 1. The molecule has 0 atom stereocenters. The molecule has 4 aromatic carbocycles. The second-order valence-corrected chi connectivity index (χ2v) is 10.1. The van der Waals surface area contributed by atoms with Gasteiger partial charge in [-0.3, -0.25) is 14.4 Å². The molecule has 6 heteroatoms. The van der Waals surface area contributed by atoms with E-state index in [0.29, 0.717) is 28.9 Å². The standard InChI is InChI=1S/C31H30N2O4/c1-31(2,3)24-14-15-26(30(37)32-25-10-6-7-20(17-25)11-16-28(34)35)27(19-24)33-29(36)23-13-12-21-8-4-5-9-22(21)18-23/h4-10,12-15,17-19H,11,16H2,1-3H3,(H,32,37)(H,33,36)(H,34,35). The summed E-state index contributed by atoms with van der Waals surface area (Å²) >= 11 is 0. The number of rotatable bonds is 7. The first-order valence-corrected chi connectivity index (χ1v) is 12.2. The molecule has 0 bridgehead atoms. The van der Waals surface area contributed by atoms with Crippen molar-refractivity contribution in [2.75, 3.05) is 10.6 Å². The van der Waals surface area contributed by atoms with E-state index in [1.807, 2.05) is 54.6 Å². The number of benzene rings is 4. The molecule has 0 spiro atoms. The zero-order chi connectivity index (χ0) is 26.6. The molecule has 188 valence electrons. The molecule has 0 saturated carbocycles. The topological polar surface area (TPSA) is 95.5 Å². The van der Waals surface area contributed by atoms with E-state index in [0.717, 1.165) is 21.9 Å². The molecule has 0 aromatic heterocycles. The first kappa shape index (κ1) is 25.6. The van der Waals surface area contributed by atoms with E-state index in [-0.39, 0.29) is 23.7 Å². The van der Waals surface area contributed by atoms with Gasteiger partial charge in [0.05, 0.1) is 11.3 Å². The van der Waals surface area contributed by atoms with Gasteiger partial charge in [-0.1, -0.05) is 69.3 Å². The minimum atomic E-state index is -0.875. The highest BCUT2D eigenvalue weighted by Gasteiger charge is 2.20. The van der Waals surface area contributed by atoms with Crippen LogP contribution in [-0.4, -0.2) is 22.9 Å². The van der Waals surface area contributed by atoms with Gasteiger partial charge in [0.1, 0.15) is 0 Å². The van der Waals surface area contributed by atoms with Crippen LogP contribution in [0.3, 0.4) is 0 Å². The Bertz CT molecular complexity index is 1480. The number of amides is 2. The first-order valence-electron chi connectivity index (χ1n) is 12.2. The normalized spacial score (nSPS) is 11.2. The summed E-state index contributed by atoms with van der Waals surface area (Å²) < 4.78 is 0. The molecule has 0 heterocycles. The first-order chi connectivity index (χ1) is 17.6. The van der Waals surface area contributed by atoms with E-state index < -0.39 is 5.97 Å². The number of fused-ring (bicyclic) bond motifs is 1. The van der Waals surface area contributed by atoms with Gasteiger partial charge in [0.2, 0.25) is 0 Å². The van der Waals surface area contributed by atoms with E-state index in [4.69, 9.17) is 5.11 Å². The Kier molecular flexibility index (Phi) is 7.39. The van der Waals surface area contributed by atoms with Crippen molar-refractivity contribution in [2.45, 2.75) is 39.0 Å². The van der Waals surface area contributed by atoms with Gasteiger partial charge in [-0.2, -0.15) is 0 Å². The smallest absolute Gasteiger partial charge is 0.303 e. The number of nitrogens with one attached hydrogen (secondary N) is 2. The lowest BCUT2D eigenvalue weighted by molar-refractivity contribution is -0.136. The van der Waals surface area contributed by atoms with Crippen LogP contribution in [0.25, 0.3) is 10.8 Å². The molecular weight excluding hydrogens is 464 g/mol. The Hall–Kier alpha value is -4.45. The Balaban J connectivity index is 1.62. The Morgan fingerprint density at radius 1 is 0.757 bits per heavy atom. The Labute approximate surface area is 216 Å². The average molecular weight is 495 g/mol. The van der Waals surface area contributed by atoms with Gasteiger partial charge in [-0.05, 0) is 70.1 Å². The molecule has 0 aliphatic rings. The lowest BCUT2D eigenvalue weighted by Crippen LogP contribution is -2.20. The van der Waals surface area contributed by atoms with Crippen LogP contribution >= 0.6 is 0 Å². The third-order valence-electron chi connectivity index (χ3n) is 6.20. The van der Waals surface area contributed by atoms with Gasteiger partial charge in [0.15, 0.2) is 0 Å². The van der Waals surface area contributed by atoms with Gasteiger partial charge in [0, 0.05) is 17.7 Å². The average Bonchev–Trinajstić information content (AvgIpc) is 2.86. The molecule has 0 aliphatic heterocycles. The van der Waals surface area contributed by atoms with E-state index in [1.165, 1.54) is 0 Å². The predicted octanol–water partition coefficient (Wildman–Crippen LogP) is 6.66. The van der Waals surface area contributed by atoms with Crippen molar-refractivity contribution in [1.29, 1.82) is 0 Å². The maximum atomic E-state index is 13.3. The summed E-state index contributed by atoms with van der Waals surface area (Å²) in [5.41, 5.74) is 3.41. The molecule has 3 N–H and O–H groups in total. The summed E-state index contributed by atoms with van der Waals surface area (Å²) in [5.74, 6) is -1.55. The molecule has 4 rings (SSSR count). The summed E-state index contributed by atoms with van der Waals surface area (Å²) in [4.78, 5) is 37.4. The monoisotopic (exact) mass is 494 g/mol. The Morgan fingerprint density at radius 2 is 1.51 bits per heavy atom. The van der Waals surface area contributed by atoms with Crippen molar-refractivity contribution in [1.82, 2.24) is 0 Å². The largest absolute Gasteiger partial charge is 0.481 e. The maximum absolute atomic E-state index is 13.3. The van der Waals surface area contributed by atoms with Crippen LogP contribution < -0.4 is 10.6 Å². The number of carbonyl (C=O) groups excluding carboxylic acids is 2. The number of carbonyl (C=O) groups is 3. The zero-order valence-corrected chi connectivity index (χ0v) is 21.2. The third kappa shape index (κ3) is 6.41. The van der Waals surface area contributed by atoms with Gasteiger partial charge >= 0.3 is 5.97 Å². The number of aliphatic carboxylic acids is 1. The molecule has 0 aliphatic carbocycles. The highest BCUT2D eigenvalue weighted by atomic mass is 16.4. The minimum absolute atomic E-state index is 0.0105. The molecule has 0 radical (unpaired) electrons. The molecule has 2 amide bonds. The molecule has 6 nitrogen and oxygen atoms in total. The SMILES string of the molecule is CC(C)(C)c1ccc(C(=O)Nc2cccc(CCC(=O)O)c2)c(NC(=O)c2ccc3ccccc3c2)c1. The van der Waals surface area contributed by atoms with Crippen LogP contribution in [0.15, 0.2) is 84.9 Å². The zero-order valence-electron chi connectivity index (χ0n) is 21.2. The Morgan fingerprint density at radius 3 is 2.24 bits per heavy atom. The fraction of sp³-hybridized carbons (Fsp3) is 0.194.